The molecule has 1 fully saturated rings. The first-order chi connectivity index (χ1) is 17.8. The van der Waals surface area contributed by atoms with Crippen LogP contribution in [0.25, 0.3) is 38.8 Å². The molecule has 2 aromatic carbocycles. The van der Waals surface area contributed by atoms with Crippen LogP contribution < -0.4 is 21.1 Å². The molecular weight excluding hydrogens is 481 g/mol. The Hall–Kier alpha value is -5.00. The fourth-order valence-electron chi connectivity index (χ4n) is 4.74. The van der Waals surface area contributed by atoms with Crippen molar-refractivity contribution >= 4 is 45.2 Å². The van der Waals surface area contributed by atoms with Crippen LogP contribution in [-0.4, -0.2) is 38.5 Å². The zero-order valence-electron chi connectivity index (χ0n) is 19.4. The fraction of sp³-hybridized carbons (Fsp3) is 0.160. The second-order valence-electron chi connectivity index (χ2n) is 8.82. The van der Waals surface area contributed by atoms with Crippen LogP contribution >= 0.6 is 0 Å². The van der Waals surface area contributed by atoms with Crippen LogP contribution in [0.3, 0.4) is 0 Å². The highest BCUT2D eigenvalue weighted by molar-refractivity contribution is 6.05. The van der Waals surface area contributed by atoms with E-state index in [1.165, 1.54) is 29.1 Å². The van der Waals surface area contributed by atoms with Gasteiger partial charge in [0.05, 0.1) is 16.6 Å². The molecule has 2 amide bonds. The maximum Gasteiger partial charge on any atom is 0.269 e. The van der Waals surface area contributed by atoms with Crippen LogP contribution in [0.2, 0.25) is 0 Å². The topological polar surface area (TPSA) is 157 Å². The first-order valence-electron chi connectivity index (χ1n) is 11.6. The quantitative estimate of drug-likeness (QED) is 0.252. The average molecular weight is 502 g/mol. The summed E-state index contributed by atoms with van der Waals surface area (Å²) in [6.07, 6.45) is 3.51. The Labute approximate surface area is 208 Å². The molecule has 5 aromatic rings. The number of benzene rings is 2. The summed E-state index contributed by atoms with van der Waals surface area (Å²) in [6, 6.07) is 11.0. The number of aromatic nitrogens is 4. The fourth-order valence-corrected chi connectivity index (χ4v) is 4.74. The average Bonchev–Trinajstić information content (AvgIpc) is 3.46. The molecule has 186 valence electrons. The molecule has 0 radical (unpaired) electrons. The van der Waals surface area contributed by atoms with Crippen LogP contribution in [0.4, 0.5) is 15.9 Å². The number of halogens is 1. The minimum atomic E-state index is -0.825. The third-order valence-electron chi connectivity index (χ3n) is 6.57. The number of amides is 2. The Kier molecular flexibility index (Phi) is 5.04. The van der Waals surface area contributed by atoms with Crippen LogP contribution in [-0.2, 0) is 4.79 Å². The zero-order chi connectivity index (χ0) is 25.8. The van der Waals surface area contributed by atoms with E-state index in [0.29, 0.717) is 35.3 Å². The zero-order valence-corrected chi connectivity index (χ0v) is 19.4. The summed E-state index contributed by atoms with van der Waals surface area (Å²) in [5.41, 5.74) is 12.8. The van der Waals surface area contributed by atoms with Crippen molar-refractivity contribution < 1.29 is 28.4 Å². The number of carbonyl (C=O) groups excluding carboxylic acids is 2. The van der Waals surface area contributed by atoms with Gasteiger partial charge in [-0.3, -0.25) is 14.8 Å². The summed E-state index contributed by atoms with van der Waals surface area (Å²) in [7, 11) is 0. The Morgan fingerprint density at radius 2 is 1.92 bits per heavy atom. The number of carbonyl (C=O) groups is 2. The van der Waals surface area contributed by atoms with E-state index in [0.717, 1.165) is 17.6 Å². The number of primary amides is 1. The Bertz CT molecular complexity index is 1740. The largest absolute Gasteiger partial charge is 0.380 e. The molecule has 1 aliphatic heterocycles. The van der Waals surface area contributed by atoms with Gasteiger partial charge in [-0.2, -0.15) is 5.10 Å². The molecule has 11 nitrogen and oxygen atoms in total. The normalized spacial score (nSPS) is 14.1. The molecule has 0 atom stereocenters. The van der Waals surface area contributed by atoms with E-state index < -0.39 is 11.7 Å². The molecule has 3 aromatic heterocycles. The Balaban J connectivity index is 1.52. The number of nitrogens with zero attached hydrogens (tertiary/aromatic N) is 5. The van der Waals surface area contributed by atoms with E-state index in [-0.39, 0.29) is 39.6 Å². The van der Waals surface area contributed by atoms with Gasteiger partial charge in [-0.1, -0.05) is 5.16 Å². The van der Waals surface area contributed by atoms with E-state index >= 15 is 4.39 Å². The number of nitrogen functional groups attached to an aromatic ring is 1. The van der Waals surface area contributed by atoms with Crippen molar-refractivity contribution in [1.29, 1.82) is 0 Å². The van der Waals surface area contributed by atoms with Gasteiger partial charge >= 0.3 is 0 Å². The van der Waals surface area contributed by atoms with E-state index in [2.05, 4.69) is 10.3 Å². The molecule has 0 unspecified atom stereocenters. The van der Waals surface area contributed by atoms with E-state index in [4.69, 9.17) is 16.0 Å². The molecule has 4 heterocycles. The summed E-state index contributed by atoms with van der Waals surface area (Å²) in [6.45, 7) is 0.550. The van der Waals surface area contributed by atoms with E-state index in [1.807, 2.05) is 0 Å². The summed E-state index contributed by atoms with van der Waals surface area (Å²) in [5, 5.41) is 19.4. The molecule has 0 aliphatic carbocycles. The van der Waals surface area contributed by atoms with Crippen molar-refractivity contribution in [2.75, 3.05) is 17.2 Å². The second kappa shape index (κ2) is 8.29. The number of hydrogen-bond acceptors (Lipinski definition) is 7. The molecule has 0 bridgehead atoms. The second-order valence-corrected chi connectivity index (χ2v) is 8.82. The van der Waals surface area contributed by atoms with Gasteiger partial charge in [0.2, 0.25) is 12.1 Å². The third kappa shape index (κ3) is 3.53. The lowest BCUT2D eigenvalue weighted by Crippen LogP contribution is -2.39. The van der Waals surface area contributed by atoms with Gasteiger partial charge in [-0.25, -0.2) is 9.07 Å². The van der Waals surface area contributed by atoms with Crippen LogP contribution in [0.5, 0.6) is 0 Å². The van der Waals surface area contributed by atoms with Gasteiger partial charge in [0.25, 0.3) is 11.6 Å². The molecule has 1 aliphatic rings. The number of nitrogens with two attached hydrogens (primary N) is 2. The smallest absolute Gasteiger partial charge is 0.269 e. The van der Waals surface area contributed by atoms with Crippen LogP contribution in [0, 0.1) is 5.82 Å². The molecule has 37 heavy (non-hydrogen) atoms. The molecular formula is C25H21FN7O4+. The van der Waals surface area contributed by atoms with Crippen LogP contribution in [0.15, 0.2) is 53.2 Å². The van der Waals surface area contributed by atoms with Gasteiger partial charge in [-0.05, 0) is 49.2 Å². The first-order valence-corrected chi connectivity index (χ1v) is 11.6. The minimum Gasteiger partial charge on any atom is -0.380 e. The lowest BCUT2D eigenvalue weighted by Gasteiger charge is -2.25. The van der Waals surface area contributed by atoms with Crippen molar-refractivity contribution in [1.82, 2.24) is 14.9 Å². The number of piperidine rings is 1. The lowest BCUT2D eigenvalue weighted by atomic mass is 10.1. The predicted molar refractivity (Wildman–Crippen MR) is 131 cm³/mol. The molecule has 0 spiro atoms. The Morgan fingerprint density at radius 1 is 1.11 bits per heavy atom. The van der Waals surface area contributed by atoms with Crippen molar-refractivity contribution in [3.8, 4) is 16.9 Å². The molecule has 5 N–H and O–H groups in total. The lowest BCUT2D eigenvalue weighted by molar-refractivity contribution is -0.895. The number of hydrogen-bond donors (Lipinski definition) is 3. The summed E-state index contributed by atoms with van der Waals surface area (Å²) in [5.74, 6) is -1.44. The van der Waals surface area contributed by atoms with Gasteiger partial charge in [0, 0.05) is 29.1 Å². The van der Waals surface area contributed by atoms with Crippen LogP contribution in [0.1, 0.15) is 29.8 Å². The monoisotopic (exact) mass is 502 g/mol. The predicted octanol–water partition coefficient (Wildman–Crippen LogP) is 2.70. The summed E-state index contributed by atoms with van der Waals surface area (Å²) >= 11 is 0. The van der Waals surface area contributed by atoms with Crippen molar-refractivity contribution in [3.63, 3.8) is 0 Å². The first kappa shape index (κ1) is 22.5. The SMILES string of the molecule is NC(=O)c1nn(-c2ccc3onc(N)c3c2)c2c(F)c(-c3ccc(N4CCCCC4=O)c[n+]3O)ccc12. The third-order valence-corrected chi connectivity index (χ3v) is 6.57. The van der Waals surface area contributed by atoms with Gasteiger partial charge < -0.3 is 20.9 Å². The van der Waals surface area contributed by atoms with Gasteiger partial charge in [0.1, 0.15) is 11.2 Å². The highest BCUT2D eigenvalue weighted by Gasteiger charge is 2.28. The number of rotatable bonds is 4. The minimum absolute atomic E-state index is 0.0176. The molecule has 6 rings (SSSR count). The Morgan fingerprint density at radius 3 is 2.68 bits per heavy atom. The van der Waals surface area contributed by atoms with Crippen molar-refractivity contribution in [2.45, 2.75) is 19.3 Å². The maximum atomic E-state index is 16.2. The molecule has 1 saturated heterocycles. The highest BCUT2D eigenvalue weighted by Crippen LogP contribution is 2.33. The van der Waals surface area contributed by atoms with Gasteiger partial charge in [-0.15, -0.1) is 0 Å². The van der Waals surface area contributed by atoms with Gasteiger partial charge in [0.15, 0.2) is 22.9 Å². The number of fused-ring (bicyclic) bond motifs is 2. The number of anilines is 2. The molecule has 12 heteroatoms. The summed E-state index contributed by atoms with van der Waals surface area (Å²) < 4.78 is 23.3. The highest BCUT2D eigenvalue weighted by atomic mass is 19.1. The maximum absolute atomic E-state index is 16.2. The number of pyridine rings is 1. The van der Waals surface area contributed by atoms with E-state index in [9.17, 15) is 14.8 Å². The molecule has 0 saturated carbocycles. The summed E-state index contributed by atoms with van der Waals surface area (Å²) in [4.78, 5) is 26.0. The van der Waals surface area contributed by atoms with Crippen molar-refractivity contribution in [2.24, 2.45) is 5.73 Å². The standard InChI is InChI=1S/C25H20FN7O4/c26-21-15(18-8-4-14(12-32(18)36)31-10-2-1-3-20(31)34)6-7-16-22(25(28)35)29-33(23(16)21)13-5-9-19-17(11-13)24(27)30-37-19/h4-9,11-12H,1-3,10H2,(H4-,27,28,29,30,35,36)/p+1. The van der Waals surface area contributed by atoms with Crippen molar-refractivity contribution in [3.05, 3.63) is 60.2 Å². The van der Waals surface area contributed by atoms with E-state index in [1.54, 1.807) is 29.2 Å².